The van der Waals surface area contributed by atoms with Gasteiger partial charge >= 0.3 is 5.69 Å². The summed E-state index contributed by atoms with van der Waals surface area (Å²) >= 11 is 0. The summed E-state index contributed by atoms with van der Waals surface area (Å²) in [6.07, 6.45) is 0.164. The van der Waals surface area contributed by atoms with Crippen molar-refractivity contribution in [1.82, 2.24) is 34.7 Å². The lowest BCUT2D eigenvalue weighted by atomic mass is 10.2. The first-order valence-corrected chi connectivity index (χ1v) is 10.7. The monoisotopic (exact) mass is 446 g/mol. The van der Waals surface area contributed by atoms with Gasteiger partial charge in [0, 0.05) is 39.1 Å². The van der Waals surface area contributed by atoms with E-state index in [2.05, 4.69) is 25.4 Å². The largest absolute Gasteiger partial charge is 0.339 e. The maximum Gasteiger partial charge on any atom is 0.328 e. The van der Waals surface area contributed by atoms with Crippen molar-refractivity contribution in [3.8, 4) is 5.69 Å². The van der Waals surface area contributed by atoms with E-state index in [1.807, 2.05) is 30.3 Å². The lowest BCUT2D eigenvalue weighted by Crippen LogP contribution is -2.49. The van der Waals surface area contributed by atoms with Crippen molar-refractivity contribution in [2.45, 2.75) is 13.0 Å². The Morgan fingerprint density at radius 2 is 1.67 bits per heavy atom. The number of nitrogens with one attached hydrogen (secondary N) is 1. The van der Waals surface area contributed by atoms with Crippen LogP contribution >= 0.6 is 0 Å². The molecule has 0 spiro atoms. The molecule has 33 heavy (non-hydrogen) atoms. The average Bonchev–Trinajstić information content (AvgIpc) is 3.34. The molecule has 0 bridgehead atoms. The molecule has 11 nitrogen and oxygen atoms in total. The van der Waals surface area contributed by atoms with Gasteiger partial charge in [-0.1, -0.05) is 35.4 Å². The second kappa shape index (κ2) is 8.69. The molecule has 1 amide bonds. The van der Waals surface area contributed by atoms with Gasteiger partial charge in [0.1, 0.15) is 0 Å². The van der Waals surface area contributed by atoms with Gasteiger partial charge in [-0.3, -0.25) is 19.1 Å². The van der Waals surface area contributed by atoms with Gasteiger partial charge in [-0.25, -0.2) is 4.79 Å². The van der Waals surface area contributed by atoms with E-state index >= 15 is 0 Å². The lowest BCUT2D eigenvalue weighted by Gasteiger charge is -2.34. The Morgan fingerprint density at radius 3 is 2.45 bits per heavy atom. The highest BCUT2D eigenvalue weighted by molar-refractivity contribution is 5.79. The summed E-state index contributed by atoms with van der Waals surface area (Å²) < 4.78 is 3.13. The van der Waals surface area contributed by atoms with Gasteiger partial charge < -0.3 is 9.80 Å². The van der Waals surface area contributed by atoms with E-state index in [9.17, 15) is 14.4 Å². The Hall–Kier alpha value is -4.28. The van der Waals surface area contributed by atoms with Crippen molar-refractivity contribution >= 4 is 22.8 Å². The molecule has 2 aromatic carbocycles. The maximum atomic E-state index is 12.8. The number of piperazine rings is 1. The molecule has 0 saturated carbocycles. The summed E-state index contributed by atoms with van der Waals surface area (Å²) in [5.74, 6) is 0.596. The SMILES string of the molecule is O=C(CCn1c(=O)[nH]c(=O)c2ccccc21)N1CCN(c2nnnn2-c2ccccc2)CC1. The first kappa shape index (κ1) is 20.6. The van der Waals surface area contributed by atoms with Gasteiger partial charge in [0.25, 0.3) is 5.56 Å². The van der Waals surface area contributed by atoms with Crippen LogP contribution in [0.1, 0.15) is 6.42 Å². The number of H-pyrrole nitrogens is 1. The number of tetrazole rings is 1. The molecule has 2 aromatic heterocycles. The van der Waals surface area contributed by atoms with Gasteiger partial charge in [0.05, 0.1) is 16.6 Å². The number of anilines is 1. The Bertz CT molecular complexity index is 1400. The minimum atomic E-state index is -0.510. The molecule has 168 valence electrons. The van der Waals surface area contributed by atoms with E-state index in [1.54, 1.807) is 33.8 Å². The zero-order chi connectivity index (χ0) is 22.8. The fourth-order valence-corrected chi connectivity index (χ4v) is 4.10. The van der Waals surface area contributed by atoms with Crippen molar-refractivity contribution in [3.63, 3.8) is 0 Å². The molecule has 1 aliphatic heterocycles. The van der Waals surface area contributed by atoms with Crippen LogP contribution in [-0.2, 0) is 11.3 Å². The van der Waals surface area contributed by atoms with Crippen LogP contribution in [0.3, 0.4) is 0 Å². The summed E-state index contributed by atoms with van der Waals surface area (Å²) in [6.45, 7) is 2.45. The summed E-state index contributed by atoms with van der Waals surface area (Å²) in [6, 6.07) is 16.5. The molecule has 1 N–H and O–H groups in total. The highest BCUT2D eigenvalue weighted by atomic mass is 16.2. The summed E-state index contributed by atoms with van der Waals surface area (Å²) in [7, 11) is 0. The Kier molecular flexibility index (Phi) is 5.43. The second-order valence-corrected chi connectivity index (χ2v) is 7.77. The van der Waals surface area contributed by atoms with Crippen LogP contribution < -0.4 is 16.1 Å². The Balaban J connectivity index is 1.24. The van der Waals surface area contributed by atoms with Gasteiger partial charge in [0.15, 0.2) is 0 Å². The number of aromatic amines is 1. The Labute approximate surface area is 187 Å². The maximum absolute atomic E-state index is 12.8. The first-order chi connectivity index (χ1) is 16.1. The van der Waals surface area contributed by atoms with Crippen molar-refractivity contribution in [2.24, 2.45) is 0 Å². The summed E-state index contributed by atoms with van der Waals surface area (Å²) in [5, 5.41) is 12.5. The molecule has 0 unspecified atom stereocenters. The van der Waals surface area contributed by atoms with E-state index < -0.39 is 11.2 Å². The number of nitrogens with zero attached hydrogens (tertiary/aromatic N) is 7. The quantitative estimate of drug-likeness (QED) is 0.471. The molecule has 1 saturated heterocycles. The highest BCUT2D eigenvalue weighted by Crippen LogP contribution is 2.17. The third kappa shape index (κ3) is 4.00. The fraction of sp³-hybridized carbons (Fsp3) is 0.273. The summed E-state index contributed by atoms with van der Waals surface area (Å²) in [4.78, 5) is 43.3. The van der Waals surface area contributed by atoms with Gasteiger partial charge in [-0.2, -0.15) is 4.68 Å². The number of rotatable bonds is 5. The van der Waals surface area contributed by atoms with E-state index in [4.69, 9.17) is 0 Å². The van der Waals surface area contributed by atoms with Crippen LogP contribution in [0.5, 0.6) is 0 Å². The number of hydrogen-bond acceptors (Lipinski definition) is 7. The molecule has 4 aromatic rings. The van der Waals surface area contributed by atoms with Gasteiger partial charge in [-0.15, -0.1) is 0 Å². The molecule has 1 fully saturated rings. The number of hydrogen-bond donors (Lipinski definition) is 1. The molecule has 3 heterocycles. The fourth-order valence-electron chi connectivity index (χ4n) is 4.10. The molecular formula is C22H22N8O3. The molecule has 5 rings (SSSR count). The third-order valence-corrected chi connectivity index (χ3v) is 5.82. The molecular weight excluding hydrogens is 424 g/mol. The standard InChI is InChI=1S/C22H22N8O3/c31-19(10-11-29-18-9-5-4-8-17(18)20(32)23-22(29)33)27-12-14-28(15-13-27)21-24-25-26-30(21)16-6-2-1-3-7-16/h1-9H,10-15H2,(H,23,32,33). The molecule has 0 radical (unpaired) electrons. The van der Waals surface area contributed by atoms with Crippen LogP contribution in [0.25, 0.3) is 16.6 Å². The van der Waals surface area contributed by atoms with Crippen molar-refractivity contribution < 1.29 is 4.79 Å². The van der Waals surface area contributed by atoms with Crippen LogP contribution in [0.4, 0.5) is 5.95 Å². The second-order valence-electron chi connectivity index (χ2n) is 7.77. The van der Waals surface area contributed by atoms with Crippen molar-refractivity contribution in [2.75, 3.05) is 31.1 Å². The smallest absolute Gasteiger partial charge is 0.328 e. The van der Waals surface area contributed by atoms with Crippen LogP contribution in [0.15, 0.2) is 64.2 Å². The number of para-hydroxylation sites is 2. The lowest BCUT2D eigenvalue weighted by molar-refractivity contribution is -0.131. The predicted molar refractivity (Wildman–Crippen MR) is 121 cm³/mol. The topological polar surface area (TPSA) is 122 Å². The van der Waals surface area contributed by atoms with Crippen LogP contribution in [-0.4, -0.2) is 66.7 Å². The van der Waals surface area contributed by atoms with Gasteiger partial charge in [0.2, 0.25) is 11.9 Å². The number of fused-ring (bicyclic) bond motifs is 1. The van der Waals surface area contributed by atoms with E-state index in [-0.39, 0.29) is 18.9 Å². The van der Waals surface area contributed by atoms with Gasteiger partial charge in [-0.05, 0) is 34.7 Å². The normalized spacial score (nSPS) is 14.1. The molecule has 11 heteroatoms. The zero-order valence-electron chi connectivity index (χ0n) is 17.8. The summed E-state index contributed by atoms with van der Waals surface area (Å²) in [5.41, 5.74) is 0.461. The van der Waals surface area contributed by atoms with E-state index in [1.165, 1.54) is 4.57 Å². The zero-order valence-corrected chi connectivity index (χ0v) is 17.8. The number of aryl methyl sites for hydroxylation is 1. The molecule has 0 atom stereocenters. The van der Waals surface area contributed by atoms with E-state index in [0.29, 0.717) is 43.0 Å². The van der Waals surface area contributed by atoms with E-state index in [0.717, 1.165) is 5.69 Å². The predicted octanol–water partition coefficient (Wildman–Crippen LogP) is 0.404. The number of benzene rings is 2. The minimum Gasteiger partial charge on any atom is -0.339 e. The minimum absolute atomic E-state index is 0.0421. The Morgan fingerprint density at radius 1 is 0.939 bits per heavy atom. The number of carbonyl (C=O) groups is 1. The third-order valence-electron chi connectivity index (χ3n) is 5.82. The molecule has 0 aliphatic carbocycles. The molecule has 1 aliphatic rings. The highest BCUT2D eigenvalue weighted by Gasteiger charge is 2.25. The van der Waals surface area contributed by atoms with Crippen molar-refractivity contribution in [1.29, 1.82) is 0 Å². The van der Waals surface area contributed by atoms with Crippen molar-refractivity contribution in [3.05, 3.63) is 75.4 Å². The average molecular weight is 446 g/mol. The van der Waals surface area contributed by atoms with Crippen LogP contribution in [0, 0.1) is 0 Å². The number of aromatic nitrogens is 6. The van der Waals surface area contributed by atoms with Crippen LogP contribution in [0.2, 0.25) is 0 Å². The number of amides is 1. The first-order valence-electron chi connectivity index (χ1n) is 10.7. The number of carbonyl (C=O) groups excluding carboxylic acids is 1.